The van der Waals surface area contributed by atoms with Crippen LogP contribution >= 0.6 is 0 Å². The molecular formula is C22H27F3N2O2. The number of alkyl halides is 3. The van der Waals surface area contributed by atoms with Gasteiger partial charge in [0.2, 0.25) is 0 Å². The Labute approximate surface area is 169 Å². The lowest BCUT2D eigenvalue weighted by molar-refractivity contribution is -0.136. The second-order valence-corrected chi connectivity index (χ2v) is 6.91. The molecule has 2 aromatic carbocycles. The molecule has 4 nitrogen and oxygen atoms in total. The highest BCUT2D eigenvalue weighted by Gasteiger charge is 2.26. The third-order valence-electron chi connectivity index (χ3n) is 4.30. The largest absolute Gasteiger partial charge is 0.491 e. The number of urea groups is 1. The number of benzene rings is 2. The standard InChI is InChI=1S/C22H27F3N2O2/c1-3-4-7-17-8-5-9-19(20(17)29-15-6-14-22(23,24)25)27-21(28)26-18-12-10-16(2)11-13-18/h5,8-13H,3-4,6-7,14-15H2,1-2H3,(H2,26,27,28). The summed E-state index contributed by atoms with van der Waals surface area (Å²) < 4.78 is 42.9. The molecule has 0 atom stereocenters. The number of rotatable bonds is 9. The van der Waals surface area contributed by atoms with Crippen LogP contribution < -0.4 is 15.4 Å². The van der Waals surface area contributed by atoms with Crippen molar-refractivity contribution in [1.29, 1.82) is 0 Å². The fourth-order valence-corrected chi connectivity index (χ4v) is 2.79. The normalized spacial score (nSPS) is 11.2. The van der Waals surface area contributed by atoms with Gasteiger partial charge in [0.1, 0.15) is 5.75 Å². The van der Waals surface area contributed by atoms with Gasteiger partial charge >= 0.3 is 12.2 Å². The van der Waals surface area contributed by atoms with Gasteiger partial charge in [-0.3, -0.25) is 0 Å². The van der Waals surface area contributed by atoms with E-state index in [1.165, 1.54) is 0 Å². The molecule has 2 N–H and O–H groups in total. The number of para-hydroxylation sites is 1. The minimum Gasteiger partial charge on any atom is -0.491 e. The van der Waals surface area contributed by atoms with Crippen molar-refractivity contribution in [1.82, 2.24) is 0 Å². The molecule has 2 amide bonds. The molecule has 2 rings (SSSR count). The van der Waals surface area contributed by atoms with Gasteiger partial charge in [0.25, 0.3) is 0 Å². The molecule has 0 saturated carbocycles. The van der Waals surface area contributed by atoms with E-state index >= 15 is 0 Å². The summed E-state index contributed by atoms with van der Waals surface area (Å²) in [4.78, 5) is 12.4. The molecule has 0 spiro atoms. The molecule has 0 aliphatic heterocycles. The Kier molecular flexibility index (Phi) is 8.36. The van der Waals surface area contributed by atoms with Gasteiger partial charge in [0.15, 0.2) is 0 Å². The molecule has 158 valence electrons. The van der Waals surface area contributed by atoms with Crippen molar-refractivity contribution >= 4 is 17.4 Å². The number of aryl methyl sites for hydroxylation is 2. The second kappa shape index (κ2) is 10.7. The predicted molar refractivity (Wildman–Crippen MR) is 110 cm³/mol. The maximum atomic E-state index is 12.4. The smallest absolute Gasteiger partial charge is 0.389 e. The molecule has 0 radical (unpaired) electrons. The van der Waals surface area contributed by atoms with Gasteiger partial charge in [0.05, 0.1) is 12.3 Å². The van der Waals surface area contributed by atoms with Crippen LogP contribution in [0.4, 0.5) is 29.3 Å². The monoisotopic (exact) mass is 408 g/mol. The first kappa shape index (κ1) is 22.6. The lowest BCUT2D eigenvalue weighted by Gasteiger charge is -2.17. The first-order chi connectivity index (χ1) is 13.8. The minimum absolute atomic E-state index is 0.0725. The van der Waals surface area contributed by atoms with Crippen LogP contribution in [-0.4, -0.2) is 18.8 Å². The minimum atomic E-state index is -4.21. The zero-order chi connectivity index (χ0) is 21.3. The lowest BCUT2D eigenvalue weighted by atomic mass is 10.1. The molecule has 0 aliphatic carbocycles. The van der Waals surface area contributed by atoms with Crippen LogP contribution in [0.15, 0.2) is 42.5 Å². The Hall–Kier alpha value is -2.70. The Morgan fingerprint density at radius 3 is 2.41 bits per heavy atom. The van der Waals surface area contributed by atoms with E-state index in [-0.39, 0.29) is 13.0 Å². The molecule has 0 bridgehead atoms. The van der Waals surface area contributed by atoms with Crippen molar-refractivity contribution in [3.63, 3.8) is 0 Å². The van der Waals surface area contributed by atoms with E-state index in [9.17, 15) is 18.0 Å². The highest BCUT2D eigenvalue weighted by atomic mass is 19.4. The summed E-state index contributed by atoms with van der Waals surface area (Å²) in [6.07, 6.45) is -2.64. The van der Waals surface area contributed by atoms with E-state index in [1.54, 1.807) is 24.3 Å². The van der Waals surface area contributed by atoms with Crippen LogP contribution in [-0.2, 0) is 6.42 Å². The quantitative estimate of drug-likeness (QED) is 0.454. The zero-order valence-corrected chi connectivity index (χ0v) is 16.7. The molecule has 0 aromatic heterocycles. The van der Waals surface area contributed by atoms with Gasteiger partial charge in [-0.25, -0.2) is 4.79 Å². The lowest BCUT2D eigenvalue weighted by Crippen LogP contribution is -2.20. The average molecular weight is 408 g/mol. The topological polar surface area (TPSA) is 50.4 Å². The van der Waals surface area contributed by atoms with Crippen LogP contribution in [0.3, 0.4) is 0 Å². The third kappa shape index (κ3) is 8.05. The van der Waals surface area contributed by atoms with Crippen molar-refractivity contribution in [2.75, 3.05) is 17.2 Å². The molecule has 0 fully saturated rings. The molecule has 0 heterocycles. The summed E-state index contributed by atoms with van der Waals surface area (Å²) in [5.74, 6) is 0.433. The Bertz CT molecular complexity index is 790. The number of nitrogens with one attached hydrogen (secondary N) is 2. The average Bonchev–Trinajstić information content (AvgIpc) is 2.65. The fraction of sp³-hybridized carbons (Fsp3) is 0.409. The van der Waals surface area contributed by atoms with E-state index < -0.39 is 18.6 Å². The molecule has 0 saturated heterocycles. The number of anilines is 2. The summed E-state index contributed by atoms with van der Waals surface area (Å²) in [5.41, 5.74) is 3.03. The van der Waals surface area contributed by atoms with E-state index in [1.807, 2.05) is 25.1 Å². The Balaban J connectivity index is 2.09. The summed E-state index contributed by atoms with van der Waals surface area (Å²) in [6.45, 7) is 3.94. The van der Waals surface area contributed by atoms with Gasteiger partial charge < -0.3 is 15.4 Å². The van der Waals surface area contributed by atoms with Gasteiger partial charge in [-0.05, 0) is 49.9 Å². The maximum absolute atomic E-state index is 12.4. The van der Waals surface area contributed by atoms with Crippen molar-refractivity contribution in [2.45, 2.75) is 52.1 Å². The zero-order valence-electron chi connectivity index (χ0n) is 16.7. The first-order valence-corrected chi connectivity index (χ1v) is 9.74. The highest BCUT2D eigenvalue weighted by molar-refractivity contribution is 6.00. The van der Waals surface area contributed by atoms with Crippen LogP contribution in [0.5, 0.6) is 5.75 Å². The number of hydrogen-bond donors (Lipinski definition) is 2. The van der Waals surface area contributed by atoms with Gasteiger partial charge in [-0.15, -0.1) is 0 Å². The Morgan fingerprint density at radius 1 is 1.03 bits per heavy atom. The number of ether oxygens (including phenoxy) is 1. The molecular weight excluding hydrogens is 381 g/mol. The molecule has 0 aliphatic rings. The number of hydrogen-bond acceptors (Lipinski definition) is 2. The predicted octanol–water partition coefficient (Wildman–Crippen LogP) is 6.70. The summed E-state index contributed by atoms with van der Waals surface area (Å²) in [5, 5.41) is 5.49. The highest BCUT2D eigenvalue weighted by Crippen LogP contribution is 2.31. The van der Waals surface area contributed by atoms with Crippen LogP contribution in [0.2, 0.25) is 0 Å². The number of unbranched alkanes of at least 4 members (excludes halogenated alkanes) is 1. The Morgan fingerprint density at radius 2 is 1.76 bits per heavy atom. The van der Waals surface area contributed by atoms with Gasteiger partial charge in [-0.2, -0.15) is 13.2 Å². The number of amides is 2. The molecule has 0 unspecified atom stereocenters. The van der Waals surface area contributed by atoms with E-state index in [0.29, 0.717) is 17.1 Å². The SMILES string of the molecule is CCCCc1cccc(NC(=O)Nc2ccc(C)cc2)c1OCCCC(F)(F)F. The van der Waals surface area contributed by atoms with Crippen molar-refractivity contribution in [3.05, 3.63) is 53.6 Å². The molecule has 2 aromatic rings. The number of halogens is 3. The summed E-state index contributed by atoms with van der Waals surface area (Å²) in [7, 11) is 0. The van der Waals surface area contributed by atoms with Crippen molar-refractivity contribution < 1.29 is 22.7 Å². The number of carbonyl (C=O) groups excluding carboxylic acids is 1. The van der Waals surface area contributed by atoms with Crippen LogP contribution in [0.1, 0.15) is 43.7 Å². The molecule has 7 heteroatoms. The van der Waals surface area contributed by atoms with E-state index in [4.69, 9.17) is 4.74 Å². The molecule has 29 heavy (non-hydrogen) atoms. The first-order valence-electron chi connectivity index (χ1n) is 9.74. The van der Waals surface area contributed by atoms with Crippen LogP contribution in [0, 0.1) is 6.92 Å². The van der Waals surface area contributed by atoms with E-state index in [0.717, 1.165) is 30.4 Å². The van der Waals surface area contributed by atoms with Crippen molar-refractivity contribution in [2.24, 2.45) is 0 Å². The van der Waals surface area contributed by atoms with Gasteiger partial charge in [0, 0.05) is 12.1 Å². The maximum Gasteiger partial charge on any atom is 0.389 e. The summed E-state index contributed by atoms with van der Waals surface area (Å²) >= 11 is 0. The number of carbonyl (C=O) groups is 1. The van der Waals surface area contributed by atoms with Crippen molar-refractivity contribution in [3.8, 4) is 5.75 Å². The second-order valence-electron chi connectivity index (χ2n) is 6.91. The summed E-state index contributed by atoms with van der Waals surface area (Å²) in [6, 6.07) is 12.3. The van der Waals surface area contributed by atoms with E-state index in [2.05, 4.69) is 17.6 Å². The fourth-order valence-electron chi connectivity index (χ4n) is 2.79. The van der Waals surface area contributed by atoms with Crippen LogP contribution in [0.25, 0.3) is 0 Å². The van der Waals surface area contributed by atoms with Gasteiger partial charge in [-0.1, -0.05) is 43.2 Å². The third-order valence-corrected chi connectivity index (χ3v) is 4.30.